The van der Waals surface area contributed by atoms with Crippen LogP contribution in [0.15, 0.2) is 18.5 Å². The fourth-order valence-corrected chi connectivity index (χ4v) is 2.27. The molecule has 0 unspecified atom stereocenters. The first-order valence-corrected chi connectivity index (χ1v) is 5.88. The second-order valence-electron chi connectivity index (χ2n) is 4.08. The third kappa shape index (κ3) is 1.83. The van der Waals surface area contributed by atoms with Crippen LogP contribution in [-0.2, 0) is 11.8 Å². The van der Waals surface area contributed by atoms with Gasteiger partial charge in [0.05, 0.1) is 24.9 Å². The van der Waals surface area contributed by atoms with E-state index in [0.717, 1.165) is 29.6 Å². The molecule has 3 rings (SSSR count). The molecule has 5 heteroatoms. The maximum absolute atomic E-state index is 5.86. The van der Waals surface area contributed by atoms with Gasteiger partial charge in [0.15, 0.2) is 0 Å². The van der Waals surface area contributed by atoms with Gasteiger partial charge in [-0.2, -0.15) is 0 Å². The Morgan fingerprint density at radius 2 is 2.35 bits per heavy atom. The lowest BCUT2D eigenvalue weighted by Gasteiger charge is -2.12. The minimum absolute atomic E-state index is 0.289. The minimum Gasteiger partial charge on any atom is -0.377 e. The van der Waals surface area contributed by atoms with Crippen molar-refractivity contribution in [2.24, 2.45) is 7.05 Å². The highest BCUT2D eigenvalue weighted by Gasteiger charge is 2.14. The highest BCUT2D eigenvalue weighted by molar-refractivity contribution is 6.28. The van der Waals surface area contributed by atoms with Gasteiger partial charge in [-0.3, -0.25) is 0 Å². The van der Waals surface area contributed by atoms with E-state index in [9.17, 15) is 0 Å². The summed E-state index contributed by atoms with van der Waals surface area (Å²) in [7, 11) is 1.99. The van der Waals surface area contributed by atoms with Crippen molar-refractivity contribution >= 4 is 28.2 Å². The number of aryl methyl sites for hydroxylation is 1. The summed E-state index contributed by atoms with van der Waals surface area (Å²) in [5.41, 5.74) is 4.32. The van der Waals surface area contributed by atoms with E-state index >= 15 is 0 Å². The van der Waals surface area contributed by atoms with E-state index in [1.54, 1.807) is 6.20 Å². The maximum Gasteiger partial charge on any atom is 0.223 e. The second-order valence-corrected chi connectivity index (χ2v) is 4.42. The Labute approximate surface area is 104 Å². The van der Waals surface area contributed by atoms with Crippen molar-refractivity contribution in [3.8, 4) is 0 Å². The van der Waals surface area contributed by atoms with Gasteiger partial charge in [0.25, 0.3) is 0 Å². The summed E-state index contributed by atoms with van der Waals surface area (Å²) in [5, 5.41) is 0.289. The first kappa shape index (κ1) is 10.7. The molecule has 0 aromatic carbocycles. The van der Waals surface area contributed by atoms with Crippen molar-refractivity contribution < 1.29 is 4.74 Å². The molecule has 0 amide bonds. The van der Waals surface area contributed by atoms with Crippen LogP contribution >= 0.6 is 11.6 Å². The monoisotopic (exact) mass is 249 g/mol. The number of nitrogens with zero attached hydrogens (tertiary/aromatic N) is 3. The van der Waals surface area contributed by atoms with Gasteiger partial charge >= 0.3 is 0 Å². The van der Waals surface area contributed by atoms with E-state index in [-0.39, 0.29) is 5.28 Å². The van der Waals surface area contributed by atoms with Gasteiger partial charge in [0.1, 0.15) is 5.52 Å². The average Bonchev–Trinajstić information content (AvgIpc) is 2.67. The smallest absolute Gasteiger partial charge is 0.223 e. The molecule has 3 heterocycles. The molecule has 0 bridgehead atoms. The van der Waals surface area contributed by atoms with Gasteiger partial charge in [-0.25, -0.2) is 9.97 Å². The molecular weight excluding hydrogens is 238 g/mol. The standard InChI is InChI=1S/C12H12ClN3O/c1-16-7-9(8-2-4-17-5-3-8)11-10(16)6-14-12(13)15-11/h2,6-7H,3-5H2,1H3. The van der Waals surface area contributed by atoms with E-state index in [1.165, 1.54) is 5.57 Å². The second kappa shape index (κ2) is 4.13. The topological polar surface area (TPSA) is 39.9 Å². The normalized spacial score (nSPS) is 16.2. The molecule has 1 aliphatic heterocycles. The third-order valence-electron chi connectivity index (χ3n) is 3.01. The number of hydrogen-bond donors (Lipinski definition) is 0. The highest BCUT2D eigenvalue weighted by Crippen LogP contribution is 2.28. The van der Waals surface area contributed by atoms with Crippen molar-refractivity contribution in [3.63, 3.8) is 0 Å². The third-order valence-corrected chi connectivity index (χ3v) is 3.19. The van der Waals surface area contributed by atoms with Crippen LogP contribution in [0, 0.1) is 0 Å². The Morgan fingerprint density at radius 1 is 1.47 bits per heavy atom. The van der Waals surface area contributed by atoms with Crippen molar-refractivity contribution in [1.29, 1.82) is 0 Å². The lowest BCUT2D eigenvalue weighted by atomic mass is 10.0. The minimum atomic E-state index is 0.289. The van der Waals surface area contributed by atoms with Crippen LogP contribution in [0.4, 0.5) is 0 Å². The number of fused-ring (bicyclic) bond motifs is 1. The Morgan fingerprint density at radius 3 is 3.12 bits per heavy atom. The number of hydrogen-bond acceptors (Lipinski definition) is 3. The summed E-state index contributed by atoms with van der Waals surface area (Å²) in [5.74, 6) is 0. The maximum atomic E-state index is 5.86. The lowest BCUT2D eigenvalue weighted by molar-refractivity contribution is 0.161. The summed E-state index contributed by atoms with van der Waals surface area (Å²) in [6.45, 7) is 1.44. The molecule has 0 atom stereocenters. The molecule has 1 aliphatic rings. The Hall–Kier alpha value is -1.39. The average molecular weight is 250 g/mol. The van der Waals surface area contributed by atoms with E-state index < -0.39 is 0 Å². The molecule has 0 N–H and O–H groups in total. The van der Waals surface area contributed by atoms with Crippen LogP contribution in [0.3, 0.4) is 0 Å². The zero-order valence-corrected chi connectivity index (χ0v) is 10.2. The van der Waals surface area contributed by atoms with Gasteiger partial charge in [-0.05, 0) is 23.6 Å². The van der Waals surface area contributed by atoms with Crippen LogP contribution in [-0.4, -0.2) is 27.7 Å². The van der Waals surface area contributed by atoms with Crippen molar-refractivity contribution in [1.82, 2.24) is 14.5 Å². The molecule has 2 aromatic heterocycles. The Bertz CT molecular complexity index is 603. The largest absolute Gasteiger partial charge is 0.377 e. The summed E-state index contributed by atoms with van der Waals surface area (Å²) in [6, 6.07) is 0. The van der Waals surface area contributed by atoms with Gasteiger partial charge < -0.3 is 9.30 Å². The van der Waals surface area contributed by atoms with Crippen molar-refractivity contribution in [2.75, 3.05) is 13.2 Å². The molecule has 17 heavy (non-hydrogen) atoms. The quantitative estimate of drug-likeness (QED) is 0.729. The van der Waals surface area contributed by atoms with Gasteiger partial charge in [-0.15, -0.1) is 0 Å². The molecule has 0 radical (unpaired) electrons. The summed E-state index contributed by atoms with van der Waals surface area (Å²) in [4.78, 5) is 8.34. The fraction of sp³-hybridized carbons (Fsp3) is 0.333. The molecule has 0 aliphatic carbocycles. The predicted molar refractivity (Wildman–Crippen MR) is 66.9 cm³/mol. The Kier molecular flexibility index (Phi) is 2.61. The van der Waals surface area contributed by atoms with Crippen LogP contribution in [0.1, 0.15) is 12.0 Å². The van der Waals surface area contributed by atoms with Crippen molar-refractivity contribution in [3.05, 3.63) is 29.3 Å². The number of halogens is 1. The molecule has 4 nitrogen and oxygen atoms in total. The molecular formula is C12H12ClN3O. The molecule has 88 valence electrons. The van der Waals surface area contributed by atoms with E-state index in [0.29, 0.717) is 6.61 Å². The first-order chi connectivity index (χ1) is 8.25. The highest BCUT2D eigenvalue weighted by atomic mass is 35.5. The van der Waals surface area contributed by atoms with E-state index in [4.69, 9.17) is 16.3 Å². The molecule has 0 fully saturated rings. The van der Waals surface area contributed by atoms with Gasteiger partial charge in [0.2, 0.25) is 5.28 Å². The Balaban J connectivity index is 2.22. The predicted octanol–water partition coefficient (Wildman–Crippen LogP) is 2.43. The summed E-state index contributed by atoms with van der Waals surface area (Å²) < 4.78 is 7.35. The summed E-state index contributed by atoms with van der Waals surface area (Å²) >= 11 is 5.86. The first-order valence-electron chi connectivity index (χ1n) is 5.50. The summed E-state index contributed by atoms with van der Waals surface area (Å²) in [6.07, 6.45) is 6.86. The van der Waals surface area contributed by atoms with Crippen LogP contribution in [0.5, 0.6) is 0 Å². The molecule has 2 aromatic rings. The SMILES string of the molecule is Cn1cc(C2=CCOCC2)c2nc(Cl)ncc21. The number of ether oxygens (including phenoxy) is 1. The van der Waals surface area contributed by atoms with E-state index in [1.807, 2.05) is 11.6 Å². The molecule has 0 saturated heterocycles. The lowest BCUT2D eigenvalue weighted by Crippen LogP contribution is -2.03. The zero-order valence-electron chi connectivity index (χ0n) is 9.48. The van der Waals surface area contributed by atoms with Crippen LogP contribution in [0.2, 0.25) is 5.28 Å². The van der Waals surface area contributed by atoms with Crippen LogP contribution in [0.25, 0.3) is 16.6 Å². The fourth-order valence-electron chi connectivity index (χ4n) is 2.14. The van der Waals surface area contributed by atoms with Gasteiger partial charge in [0, 0.05) is 18.8 Å². The van der Waals surface area contributed by atoms with E-state index in [2.05, 4.69) is 22.2 Å². The van der Waals surface area contributed by atoms with Gasteiger partial charge in [-0.1, -0.05) is 6.08 Å². The zero-order chi connectivity index (χ0) is 11.8. The number of aromatic nitrogens is 3. The molecule has 0 spiro atoms. The molecule has 0 saturated carbocycles. The van der Waals surface area contributed by atoms with Crippen molar-refractivity contribution in [2.45, 2.75) is 6.42 Å². The van der Waals surface area contributed by atoms with Crippen LogP contribution < -0.4 is 0 Å². The number of rotatable bonds is 1.